The van der Waals surface area contributed by atoms with Gasteiger partial charge in [-0.2, -0.15) is 26.3 Å². The van der Waals surface area contributed by atoms with Crippen LogP contribution in [0, 0.1) is 0 Å². The van der Waals surface area contributed by atoms with Crippen molar-refractivity contribution in [1.82, 2.24) is 14.2 Å². The highest BCUT2D eigenvalue weighted by molar-refractivity contribution is 7.89. The highest BCUT2D eigenvalue weighted by Crippen LogP contribution is 2.32. The number of rotatable bonds is 9. The molecule has 0 saturated carbocycles. The Morgan fingerprint density at radius 3 is 2.29 bits per heavy atom. The number of aromatic nitrogens is 1. The van der Waals surface area contributed by atoms with Gasteiger partial charge in [-0.25, -0.2) is 8.42 Å². The van der Waals surface area contributed by atoms with Gasteiger partial charge in [-0.3, -0.25) is 9.88 Å². The van der Waals surface area contributed by atoms with Crippen LogP contribution in [0.3, 0.4) is 0 Å². The minimum Gasteiger partial charge on any atom is -0.434 e. The maximum absolute atomic E-state index is 13.6. The SMILES string of the molecule is O=S(=O)(c1ccc(C(F)(F)F)cc1)N(Cc1cccnc1)C1CCN(Cc2ccccc2OC(F)F)CC1. The molecule has 3 aromatic rings. The van der Waals surface area contributed by atoms with Crippen molar-refractivity contribution in [3.8, 4) is 5.75 Å². The fourth-order valence-electron chi connectivity index (χ4n) is 4.48. The van der Waals surface area contributed by atoms with Crippen LogP contribution in [0.4, 0.5) is 22.0 Å². The van der Waals surface area contributed by atoms with Crippen LogP contribution in [0.5, 0.6) is 5.75 Å². The molecule has 1 fully saturated rings. The van der Waals surface area contributed by atoms with Gasteiger partial charge in [-0.15, -0.1) is 0 Å². The molecule has 1 aliphatic heterocycles. The van der Waals surface area contributed by atoms with E-state index >= 15 is 0 Å². The number of halogens is 5. The molecule has 1 saturated heterocycles. The standard InChI is InChI=1S/C26H26F5N3O3S/c27-25(28)37-24-6-2-1-5-20(24)18-33-14-11-22(12-15-33)34(17-19-4-3-13-32-16-19)38(35,36)23-9-7-21(8-10-23)26(29,30)31/h1-10,13,16,22,25H,11-12,14-15,17-18H2. The molecule has 1 aromatic heterocycles. The van der Waals surface area contributed by atoms with E-state index in [2.05, 4.69) is 9.72 Å². The molecule has 0 bridgehead atoms. The third kappa shape index (κ3) is 6.86. The lowest BCUT2D eigenvalue weighted by atomic mass is 10.0. The van der Waals surface area contributed by atoms with Crippen molar-refractivity contribution >= 4 is 10.0 Å². The van der Waals surface area contributed by atoms with E-state index in [0.717, 1.165) is 24.3 Å². The fourth-order valence-corrected chi connectivity index (χ4v) is 6.16. The zero-order valence-corrected chi connectivity index (χ0v) is 21.0. The van der Waals surface area contributed by atoms with Crippen LogP contribution in [0.15, 0.2) is 78.0 Å². The molecule has 2 aromatic carbocycles. The van der Waals surface area contributed by atoms with Gasteiger partial charge in [0.1, 0.15) is 5.75 Å². The topological polar surface area (TPSA) is 62.7 Å². The molecule has 0 amide bonds. The highest BCUT2D eigenvalue weighted by Gasteiger charge is 2.35. The van der Waals surface area contributed by atoms with Crippen molar-refractivity contribution < 1.29 is 35.1 Å². The van der Waals surface area contributed by atoms with Gasteiger partial charge in [-0.05, 0) is 54.8 Å². The van der Waals surface area contributed by atoms with E-state index in [4.69, 9.17) is 0 Å². The number of likely N-dealkylation sites (tertiary alicyclic amines) is 1. The van der Waals surface area contributed by atoms with Crippen LogP contribution < -0.4 is 4.74 Å². The average Bonchev–Trinajstić information content (AvgIpc) is 2.89. The van der Waals surface area contributed by atoms with Crippen molar-refractivity contribution in [2.45, 2.75) is 49.7 Å². The van der Waals surface area contributed by atoms with Gasteiger partial charge in [0.2, 0.25) is 10.0 Å². The van der Waals surface area contributed by atoms with Gasteiger partial charge in [0.15, 0.2) is 0 Å². The molecule has 0 N–H and O–H groups in total. The first-order valence-electron chi connectivity index (χ1n) is 11.9. The van der Waals surface area contributed by atoms with Crippen molar-refractivity contribution in [2.24, 2.45) is 0 Å². The van der Waals surface area contributed by atoms with Crippen molar-refractivity contribution in [2.75, 3.05) is 13.1 Å². The van der Waals surface area contributed by atoms with E-state index in [-0.39, 0.29) is 17.2 Å². The molecule has 0 atom stereocenters. The van der Waals surface area contributed by atoms with Crippen LogP contribution >= 0.6 is 0 Å². The summed E-state index contributed by atoms with van der Waals surface area (Å²) in [6.45, 7) is -1.62. The molecule has 0 unspecified atom stereocenters. The third-order valence-electron chi connectivity index (χ3n) is 6.40. The number of nitrogens with zero attached hydrogens (tertiary/aromatic N) is 3. The number of hydrogen-bond donors (Lipinski definition) is 0. The Kier molecular flexibility index (Phi) is 8.64. The van der Waals surface area contributed by atoms with E-state index in [0.29, 0.717) is 43.6 Å². The second-order valence-corrected chi connectivity index (χ2v) is 10.8. The number of ether oxygens (including phenoxy) is 1. The zero-order chi connectivity index (χ0) is 27.3. The number of sulfonamides is 1. The average molecular weight is 556 g/mol. The molecule has 204 valence electrons. The van der Waals surface area contributed by atoms with Crippen LogP contribution in [-0.4, -0.2) is 48.3 Å². The summed E-state index contributed by atoms with van der Waals surface area (Å²) in [6.07, 6.45) is -0.587. The largest absolute Gasteiger partial charge is 0.434 e. The number of piperidine rings is 1. The maximum Gasteiger partial charge on any atom is 0.416 e. The van der Waals surface area contributed by atoms with Crippen LogP contribution in [0.1, 0.15) is 29.5 Å². The maximum atomic E-state index is 13.6. The van der Waals surface area contributed by atoms with Gasteiger partial charge >= 0.3 is 12.8 Å². The Balaban J connectivity index is 1.52. The predicted octanol–water partition coefficient (Wildman–Crippen LogP) is 5.56. The van der Waals surface area contributed by atoms with E-state index in [9.17, 15) is 30.4 Å². The molecule has 0 radical (unpaired) electrons. The van der Waals surface area contributed by atoms with E-state index in [1.807, 2.05) is 4.90 Å². The first-order valence-corrected chi connectivity index (χ1v) is 13.3. The number of pyridine rings is 1. The summed E-state index contributed by atoms with van der Waals surface area (Å²) < 4.78 is 97.8. The number of alkyl halides is 5. The van der Waals surface area contributed by atoms with Crippen LogP contribution in [0.25, 0.3) is 0 Å². The zero-order valence-electron chi connectivity index (χ0n) is 20.2. The van der Waals surface area contributed by atoms with E-state index in [1.54, 1.807) is 42.7 Å². The molecule has 1 aliphatic rings. The first-order chi connectivity index (χ1) is 18.0. The Hall–Kier alpha value is -3.09. The molecule has 2 heterocycles. The lowest BCUT2D eigenvalue weighted by Gasteiger charge is -2.38. The summed E-state index contributed by atoms with van der Waals surface area (Å²) in [5.74, 6) is 0.0905. The molecular formula is C26H26F5N3O3S. The summed E-state index contributed by atoms with van der Waals surface area (Å²) in [5, 5.41) is 0. The highest BCUT2D eigenvalue weighted by atomic mass is 32.2. The smallest absolute Gasteiger partial charge is 0.416 e. The van der Waals surface area contributed by atoms with Gasteiger partial charge in [0.25, 0.3) is 0 Å². The fraction of sp³-hybridized carbons (Fsp3) is 0.346. The quantitative estimate of drug-likeness (QED) is 0.324. The molecule has 6 nitrogen and oxygen atoms in total. The van der Waals surface area contributed by atoms with Gasteiger partial charge < -0.3 is 4.74 Å². The summed E-state index contributed by atoms with van der Waals surface area (Å²) >= 11 is 0. The van der Waals surface area contributed by atoms with Crippen molar-refractivity contribution in [1.29, 1.82) is 0 Å². The van der Waals surface area contributed by atoms with Gasteiger partial charge in [0, 0.05) is 50.2 Å². The second-order valence-electron chi connectivity index (χ2n) is 8.93. The molecule has 0 spiro atoms. The van der Waals surface area contributed by atoms with Crippen LogP contribution in [-0.2, 0) is 29.3 Å². The minimum absolute atomic E-state index is 0.00687. The van der Waals surface area contributed by atoms with Crippen molar-refractivity contribution in [3.63, 3.8) is 0 Å². The van der Waals surface area contributed by atoms with E-state index < -0.39 is 34.4 Å². The molecule has 0 aliphatic carbocycles. The van der Waals surface area contributed by atoms with Crippen molar-refractivity contribution in [3.05, 3.63) is 89.7 Å². The Bertz CT molecular complexity index is 1300. The number of benzene rings is 2. The van der Waals surface area contributed by atoms with Gasteiger partial charge in [-0.1, -0.05) is 24.3 Å². The normalized spacial score (nSPS) is 15.8. The summed E-state index contributed by atoms with van der Waals surface area (Å²) in [7, 11) is -4.14. The Morgan fingerprint density at radius 2 is 1.68 bits per heavy atom. The number of hydrogen-bond acceptors (Lipinski definition) is 5. The molecule has 4 rings (SSSR count). The molecule has 12 heteroatoms. The summed E-state index contributed by atoms with van der Waals surface area (Å²) in [4.78, 5) is 5.84. The predicted molar refractivity (Wildman–Crippen MR) is 130 cm³/mol. The first kappa shape index (κ1) is 27.9. The minimum atomic E-state index is -4.58. The molecular weight excluding hydrogens is 529 g/mol. The monoisotopic (exact) mass is 555 g/mol. The second kappa shape index (κ2) is 11.7. The van der Waals surface area contributed by atoms with Crippen LogP contribution in [0.2, 0.25) is 0 Å². The third-order valence-corrected chi connectivity index (χ3v) is 8.31. The Morgan fingerprint density at radius 1 is 1.00 bits per heavy atom. The Labute approximate surface area is 217 Å². The lowest BCUT2D eigenvalue weighted by molar-refractivity contribution is -0.137. The van der Waals surface area contributed by atoms with E-state index in [1.165, 1.54) is 10.4 Å². The molecule has 38 heavy (non-hydrogen) atoms. The van der Waals surface area contributed by atoms with Gasteiger partial charge in [0.05, 0.1) is 10.5 Å². The lowest BCUT2D eigenvalue weighted by Crippen LogP contribution is -2.46. The summed E-state index contributed by atoms with van der Waals surface area (Å²) in [6, 6.07) is 13.0. The number of para-hydroxylation sites is 1. The summed E-state index contributed by atoms with van der Waals surface area (Å²) in [5.41, 5.74) is 0.305.